The predicted octanol–water partition coefficient (Wildman–Crippen LogP) is 3.40. The summed E-state index contributed by atoms with van der Waals surface area (Å²) in [6, 6.07) is 10.3. The van der Waals surface area contributed by atoms with Crippen molar-refractivity contribution in [2.24, 2.45) is 0 Å². The van der Waals surface area contributed by atoms with Crippen molar-refractivity contribution in [3.8, 4) is 0 Å². The summed E-state index contributed by atoms with van der Waals surface area (Å²) in [6.07, 6.45) is 4.78. The molecule has 0 atom stereocenters. The Bertz CT molecular complexity index is 1070. The van der Waals surface area contributed by atoms with Gasteiger partial charge < -0.3 is 15.5 Å². The molecule has 3 aromatic rings. The number of aryl methyl sites for hydroxylation is 1. The molecule has 3 heterocycles. The number of likely N-dealkylation sites (tertiary alicyclic amines) is 1. The van der Waals surface area contributed by atoms with E-state index in [2.05, 4.69) is 32.7 Å². The van der Waals surface area contributed by atoms with Crippen LogP contribution >= 0.6 is 11.3 Å². The number of carbonyl (C=O) groups excluding carboxylic acids is 2. The van der Waals surface area contributed by atoms with Crippen LogP contribution in [-0.4, -0.2) is 52.9 Å². The van der Waals surface area contributed by atoms with Crippen molar-refractivity contribution < 1.29 is 9.59 Å². The van der Waals surface area contributed by atoms with Gasteiger partial charge in [-0.2, -0.15) is 0 Å². The summed E-state index contributed by atoms with van der Waals surface area (Å²) < 4.78 is 0. The molecule has 1 aromatic carbocycles. The third-order valence-electron chi connectivity index (χ3n) is 5.54. The van der Waals surface area contributed by atoms with Crippen LogP contribution in [0.1, 0.15) is 40.1 Å². The van der Waals surface area contributed by atoms with E-state index in [-0.39, 0.29) is 11.8 Å². The normalized spacial score (nSPS) is 13.7. The molecule has 8 heteroatoms. The van der Waals surface area contributed by atoms with Gasteiger partial charge in [-0.3, -0.25) is 9.59 Å². The highest BCUT2D eigenvalue weighted by molar-refractivity contribution is 7.20. The standard InChI is InChI=1S/C23H27N5O2S/c1-16-19-21(24-12-10-17-7-3-2-4-8-17)26-15-27-23(19)31-20(16)22(30)25-11-6-14-28-13-5-9-18(28)29/h2-4,7-8,15H,5-6,9-14H2,1H3,(H,25,30)(H,24,26,27). The number of rotatable bonds is 9. The maximum atomic E-state index is 12.8. The van der Waals surface area contributed by atoms with Crippen LogP contribution in [0.5, 0.6) is 0 Å². The smallest absolute Gasteiger partial charge is 0.261 e. The van der Waals surface area contributed by atoms with Crippen LogP contribution in [0, 0.1) is 6.92 Å². The number of thiophene rings is 1. The lowest BCUT2D eigenvalue weighted by molar-refractivity contribution is -0.127. The average molecular weight is 438 g/mol. The molecule has 0 aliphatic carbocycles. The Kier molecular flexibility index (Phi) is 6.76. The summed E-state index contributed by atoms with van der Waals surface area (Å²) in [5.41, 5.74) is 2.16. The number of hydrogen-bond donors (Lipinski definition) is 2. The van der Waals surface area contributed by atoms with Crippen molar-refractivity contribution in [2.45, 2.75) is 32.6 Å². The number of fused-ring (bicyclic) bond motifs is 1. The summed E-state index contributed by atoms with van der Waals surface area (Å²) in [5, 5.41) is 7.30. The first-order valence-corrected chi connectivity index (χ1v) is 11.5. The van der Waals surface area contributed by atoms with Crippen LogP contribution in [0.4, 0.5) is 5.82 Å². The molecule has 1 aliphatic rings. The van der Waals surface area contributed by atoms with Crippen molar-refractivity contribution in [3.05, 3.63) is 52.7 Å². The van der Waals surface area contributed by atoms with Crippen LogP contribution in [0.15, 0.2) is 36.7 Å². The molecule has 162 valence electrons. The van der Waals surface area contributed by atoms with Crippen molar-refractivity contribution in [1.82, 2.24) is 20.2 Å². The summed E-state index contributed by atoms with van der Waals surface area (Å²) in [6.45, 7) is 4.78. The van der Waals surface area contributed by atoms with Crippen molar-refractivity contribution >= 4 is 39.2 Å². The number of carbonyl (C=O) groups is 2. The first kappa shape index (κ1) is 21.2. The molecule has 1 saturated heterocycles. The van der Waals surface area contributed by atoms with Crippen LogP contribution in [-0.2, 0) is 11.2 Å². The van der Waals surface area contributed by atoms with E-state index in [1.807, 2.05) is 30.0 Å². The molecule has 0 radical (unpaired) electrons. The number of benzene rings is 1. The summed E-state index contributed by atoms with van der Waals surface area (Å²) >= 11 is 1.39. The zero-order valence-electron chi connectivity index (χ0n) is 17.7. The SMILES string of the molecule is Cc1c(C(=O)NCCCN2CCCC2=O)sc2ncnc(NCCc3ccccc3)c12. The monoisotopic (exact) mass is 437 g/mol. The quantitative estimate of drug-likeness (QED) is 0.501. The zero-order chi connectivity index (χ0) is 21.6. The lowest BCUT2D eigenvalue weighted by Crippen LogP contribution is -2.30. The number of anilines is 1. The first-order chi connectivity index (χ1) is 15.1. The van der Waals surface area contributed by atoms with Crippen LogP contribution < -0.4 is 10.6 Å². The first-order valence-electron chi connectivity index (χ1n) is 10.7. The second-order valence-corrected chi connectivity index (χ2v) is 8.71. The van der Waals surface area contributed by atoms with Gasteiger partial charge in [-0.15, -0.1) is 11.3 Å². The molecule has 0 spiro atoms. The third-order valence-corrected chi connectivity index (χ3v) is 6.74. The fraction of sp³-hybridized carbons (Fsp3) is 0.391. The maximum Gasteiger partial charge on any atom is 0.261 e. The summed E-state index contributed by atoms with van der Waals surface area (Å²) in [5.74, 6) is 0.891. The Hall–Kier alpha value is -3.00. The molecule has 0 bridgehead atoms. The molecule has 4 rings (SSSR count). The minimum absolute atomic E-state index is 0.0940. The van der Waals surface area contributed by atoms with Crippen molar-refractivity contribution in [2.75, 3.05) is 31.5 Å². The highest BCUT2D eigenvalue weighted by Crippen LogP contribution is 2.33. The van der Waals surface area contributed by atoms with Gasteiger partial charge in [0.2, 0.25) is 5.91 Å². The molecular formula is C23H27N5O2S. The minimum Gasteiger partial charge on any atom is -0.369 e. The van der Waals surface area contributed by atoms with Gasteiger partial charge in [0.15, 0.2) is 0 Å². The molecule has 2 N–H and O–H groups in total. The molecule has 2 aromatic heterocycles. The summed E-state index contributed by atoms with van der Waals surface area (Å²) in [7, 11) is 0. The Balaban J connectivity index is 1.37. The number of hydrogen-bond acceptors (Lipinski definition) is 6. The predicted molar refractivity (Wildman–Crippen MR) is 124 cm³/mol. The maximum absolute atomic E-state index is 12.8. The molecule has 1 aliphatic heterocycles. The molecule has 0 unspecified atom stereocenters. The number of nitrogens with one attached hydrogen (secondary N) is 2. The fourth-order valence-electron chi connectivity index (χ4n) is 3.88. The van der Waals surface area contributed by atoms with Crippen LogP contribution in [0.2, 0.25) is 0 Å². The van der Waals surface area contributed by atoms with E-state index in [4.69, 9.17) is 0 Å². The van der Waals surface area contributed by atoms with Gasteiger partial charge >= 0.3 is 0 Å². The van der Waals surface area contributed by atoms with Crippen molar-refractivity contribution in [1.29, 1.82) is 0 Å². The van der Waals surface area contributed by atoms with E-state index < -0.39 is 0 Å². The molecule has 7 nitrogen and oxygen atoms in total. The number of nitrogens with zero attached hydrogens (tertiary/aromatic N) is 3. The van der Waals surface area contributed by atoms with E-state index in [0.29, 0.717) is 24.4 Å². The van der Waals surface area contributed by atoms with Gasteiger partial charge in [0.25, 0.3) is 5.91 Å². The molecule has 0 saturated carbocycles. The van der Waals surface area contributed by atoms with Gasteiger partial charge in [-0.05, 0) is 37.3 Å². The molecular weight excluding hydrogens is 410 g/mol. The Morgan fingerprint density at radius 3 is 2.81 bits per heavy atom. The van der Waals surface area contributed by atoms with Crippen LogP contribution in [0.25, 0.3) is 10.2 Å². The van der Waals surface area contributed by atoms with E-state index in [0.717, 1.165) is 53.9 Å². The Morgan fingerprint density at radius 1 is 1.19 bits per heavy atom. The highest BCUT2D eigenvalue weighted by Gasteiger charge is 2.21. The molecule has 31 heavy (non-hydrogen) atoms. The Labute approximate surface area is 185 Å². The minimum atomic E-state index is -0.0940. The van der Waals surface area contributed by atoms with E-state index in [1.54, 1.807) is 0 Å². The van der Waals surface area contributed by atoms with E-state index >= 15 is 0 Å². The lowest BCUT2D eigenvalue weighted by Gasteiger charge is -2.15. The fourth-order valence-corrected chi connectivity index (χ4v) is 4.95. The van der Waals surface area contributed by atoms with Gasteiger partial charge in [0, 0.05) is 32.6 Å². The number of amides is 2. The zero-order valence-corrected chi connectivity index (χ0v) is 18.5. The van der Waals surface area contributed by atoms with Crippen LogP contribution in [0.3, 0.4) is 0 Å². The molecule has 2 amide bonds. The van der Waals surface area contributed by atoms with E-state index in [9.17, 15) is 9.59 Å². The van der Waals surface area contributed by atoms with Gasteiger partial charge in [-0.25, -0.2) is 9.97 Å². The summed E-state index contributed by atoms with van der Waals surface area (Å²) in [4.78, 5) is 36.6. The van der Waals surface area contributed by atoms with Gasteiger partial charge in [-0.1, -0.05) is 30.3 Å². The van der Waals surface area contributed by atoms with Crippen molar-refractivity contribution in [3.63, 3.8) is 0 Å². The third kappa shape index (κ3) is 5.02. The number of aromatic nitrogens is 2. The second kappa shape index (κ2) is 9.87. The van der Waals surface area contributed by atoms with Gasteiger partial charge in [0.05, 0.1) is 10.3 Å². The highest BCUT2D eigenvalue weighted by atomic mass is 32.1. The average Bonchev–Trinajstić information content (AvgIpc) is 3.35. The molecule has 1 fully saturated rings. The lowest BCUT2D eigenvalue weighted by atomic mass is 10.1. The second-order valence-electron chi connectivity index (χ2n) is 7.71. The topological polar surface area (TPSA) is 87.2 Å². The van der Waals surface area contributed by atoms with E-state index in [1.165, 1.54) is 23.2 Å². The Morgan fingerprint density at radius 2 is 2.03 bits per heavy atom. The largest absolute Gasteiger partial charge is 0.369 e. The van der Waals surface area contributed by atoms with Gasteiger partial charge in [0.1, 0.15) is 17.0 Å².